The molecule has 0 amide bonds. The normalized spacial score (nSPS) is 24.7. The Bertz CT molecular complexity index is 563. The molecule has 1 saturated heterocycles. The van der Waals surface area contributed by atoms with E-state index in [1.54, 1.807) is 11.3 Å². The molecule has 0 spiro atoms. The minimum Gasteiger partial charge on any atom is -0.395 e. The van der Waals surface area contributed by atoms with Gasteiger partial charge in [0.15, 0.2) is 0 Å². The third-order valence-corrected chi connectivity index (χ3v) is 4.76. The van der Waals surface area contributed by atoms with Crippen molar-refractivity contribution in [1.29, 1.82) is 0 Å². The molecule has 4 heteroatoms. The van der Waals surface area contributed by atoms with E-state index >= 15 is 0 Å². The number of piperidine rings is 1. The van der Waals surface area contributed by atoms with Crippen LogP contribution in [0.2, 0.25) is 0 Å². The van der Waals surface area contributed by atoms with Crippen LogP contribution in [0.3, 0.4) is 0 Å². The van der Waals surface area contributed by atoms with Gasteiger partial charge in [-0.1, -0.05) is 6.92 Å². The lowest BCUT2D eigenvalue weighted by Gasteiger charge is -2.38. The van der Waals surface area contributed by atoms with E-state index in [1.807, 2.05) is 5.51 Å². The second-order valence-electron chi connectivity index (χ2n) is 5.37. The number of aromatic nitrogens is 1. The van der Waals surface area contributed by atoms with Crippen LogP contribution in [0.1, 0.15) is 26.7 Å². The molecule has 1 aliphatic rings. The second-order valence-corrected chi connectivity index (χ2v) is 6.26. The fourth-order valence-corrected chi connectivity index (χ4v) is 3.65. The van der Waals surface area contributed by atoms with Crippen LogP contribution in [-0.4, -0.2) is 17.6 Å². The Hall–Kier alpha value is -1.29. The average Bonchev–Trinajstić information content (AvgIpc) is 2.80. The van der Waals surface area contributed by atoms with Gasteiger partial charge in [-0.2, -0.15) is 0 Å². The predicted octanol–water partition coefficient (Wildman–Crippen LogP) is 3.50. The van der Waals surface area contributed by atoms with E-state index in [4.69, 9.17) is 5.73 Å². The van der Waals surface area contributed by atoms with E-state index in [2.05, 4.69) is 35.9 Å². The standard InChI is InChI=1S/C14H19N3S/c1-9-5-6-17(10(2)7-9)11-3-4-12-14(13(11)15)16-8-18-12/h3-4,8-10H,5-7,15H2,1-2H3. The molecule has 1 fully saturated rings. The van der Waals surface area contributed by atoms with Crippen molar-refractivity contribution in [2.45, 2.75) is 32.7 Å². The van der Waals surface area contributed by atoms with Gasteiger partial charge in [-0.05, 0) is 37.8 Å². The highest BCUT2D eigenvalue weighted by Gasteiger charge is 2.25. The number of anilines is 2. The van der Waals surface area contributed by atoms with Crippen molar-refractivity contribution in [2.24, 2.45) is 5.92 Å². The molecule has 1 aromatic carbocycles. The number of hydrogen-bond acceptors (Lipinski definition) is 4. The van der Waals surface area contributed by atoms with Gasteiger partial charge in [-0.3, -0.25) is 0 Å². The van der Waals surface area contributed by atoms with E-state index in [0.29, 0.717) is 6.04 Å². The summed E-state index contributed by atoms with van der Waals surface area (Å²) < 4.78 is 1.18. The lowest BCUT2D eigenvalue weighted by atomic mass is 9.93. The van der Waals surface area contributed by atoms with Crippen molar-refractivity contribution >= 4 is 32.9 Å². The third kappa shape index (κ3) is 1.85. The van der Waals surface area contributed by atoms with Crippen molar-refractivity contribution in [3.63, 3.8) is 0 Å². The summed E-state index contributed by atoms with van der Waals surface area (Å²) >= 11 is 1.65. The molecular weight excluding hydrogens is 242 g/mol. The van der Waals surface area contributed by atoms with Crippen LogP contribution in [0.25, 0.3) is 10.2 Å². The zero-order valence-electron chi connectivity index (χ0n) is 10.9. The van der Waals surface area contributed by atoms with Crippen LogP contribution in [0.4, 0.5) is 11.4 Å². The minimum absolute atomic E-state index is 0.562. The summed E-state index contributed by atoms with van der Waals surface area (Å²) in [5.74, 6) is 0.820. The average molecular weight is 261 g/mol. The molecule has 18 heavy (non-hydrogen) atoms. The van der Waals surface area contributed by atoms with E-state index in [-0.39, 0.29) is 0 Å². The van der Waals surface area contributed by atoms with Gasteiger partial charge in [-0.15, -0.1) is 11.3 Å². The van der Waals surface area contributed by atoms with Crippen LogP contribution in [0.15, 0.2) is 17.6 Å². The first-order valence-electron chi connectivity index (χ1n) is 6.55. The highest BCUT2D eigenvalue weighted by molar-refractivity contribution is 7.16. The molecule has 2 aromatic rings. The first kappa shape index (κ1) is 11.8. The van der Waals surface area contributed by atoms with Gasteiger partial charge in [-0.25, -0.2) is 4.98 Å². The second kappa shape index (κ2) is 4.43. The molecule has 0 saturated carbocycles. The largest absolute Gasteiger partial charge is 0.395 e. The van der Waals surface area contributed by atoms with E-state index in [1.165, 1.54) is 17.5 Å². The minimum atomic E-state index is 0.562. The summed E-state index contributed by atoms with van der Waals surface area (Å²) in [6.45, 7) is 5.73. The van der Waals surface area contributed by atoms with Gasteiger partial charge < -0.3 is 10.6 Å². The van der Waals surface area contributed by atoms with Crippen LogP contribution >= 0.6 is 11.3 Å². The van der Waals surface area contributed by atoms with Gasteiger partial charge in [0.1, 0.15) is 5.52 Å². The molecule has 2 N–H and O–H groups in total. The van der Waals surface area contributed by atoms with Gasteiger partial charge in [0.25, 0.3) is 0 Å². The number of rotatable bonds is 1. The molecule has 96 valence electrons. The number of fused-ring (bicyclic) bond motifs is 1. The summed E-state index contributed by atoms with van der Waals surface area (Å²) in [6, 6.07) is 4.86. The lowest BCUT2D eigenvalue weighted by molar-refractivity contribution is 0.378. The van der Waals surface area contributed by atoms with Gasteiger partial charge in [0, 0.05) is 12.6 Å². The molecule has 1 aliphatic heterocycles. The number of nitrogen functional groups attached to an aromatic ring is 1. The molecular formula is C14H19N3S. The summed E-state index contributed by atoms with van der Waals surface area (Å²) in [4.78, 5) is 6.82. The Balaban J connectivity index is 2.01. The molecule has 0 aliphatic carbocycles. The highest BCUT2D eigenvalue weighted by atomic mass is 32.1. The quantitative estimate of drug-likeness (QED) is 0.799. The van der Waals surface area contributed by atoms with Crippen LogP contribution < -0.4 is 10.6 Å². The van der Waals surface area contributed by atoms with E-state index < -0.39 is 0 Å². The maximum Gasteiger partial charge on any atom is 0.106 e. The Morgan fingerprint density at radius 2 is 2.22 bits per heavy atom. The van der Waals surface area contributed by atoms with Crippen LogP contribution in [-0.2, 0) is 0 Å². The van der Waals surface area contributed by atoms with Gasteiger partial charge >= 0.3 is 0 Å². The van der Waals surface area contributed by atoms with Crippen molar-refractivity contribution in [2.75, 3.05) is 17.2 Å². The predicted molar refractivity (Wildman–Crippen MR) is 79.2 cm³/mol. The Kier molecular flexibility index (Phi) is 2.90. The first-order valence-corrected chi connectivity index (χ1v) is 7.43. The zero-order chi connectivity index (χ0) is 12.7. The maximum atomic E-state index is 6.29. The molecule has 2 heterocycles. The molecule has 2 atom stereocenters. The van der Waals surface area contributed by atoms with Crippen molar-refractivity contribution < 1.29 is 0 Å². The molecule has 3 nitrogen and oxygen atoms in total. The number of hydrogen-bond donors (Lipinski definition) is 1. The van der Waals surface area contributed by atoms with Gasteiger partial charge in [0.2, 0.25) is 0 Å². The molecule has 2 unspecified atom stereocenters. The number of benzene rings is 1. The molecule has 3 rings (SSSR count). The SMILES string of the molecule is CC1CCN(c2ccc3scnc3c2N)C(C)C1. The van der Waals surface area contributed by atoms with E-state index in [9.17, 15) is 0 Å². The number of nitrogens with two attached hydrogens (primary N) is 1. The Labute approximate surface area is 112 Å². The van der Waals surface area contributed by atoms with Crippen molar-refractivity contribution in [3.8, 4) is 0 Å². The fraction of sp³-hybridized carbons (Fsp3) is 0.500. The zero-order valence-corrected chi connectivity index (χ0v) is 11.7. The van der Waals surface area contributed by atoms with Crippen LogP contribution in [0.5, 0.6) is 0 Å². The number of nitrogens with zero attached hydrogens (tertiary/aromatic N) is 2. The fourth-order valence-electron chi connectivity index (χ4n) is 2.96. The topological polar surface area (TPSA) is 42.2 Å². The van der Waals surface area contributed by atoms with Crippen molar-refractivity contribution in [3.05, 3.63) is 17.6 Å². The lowest BCUT2D eigenvalue weighted by Crippen LogP contribution is -2.40. The summed E-state index contributed by atoms with van der Waals surface area (Å²) in [7, 11) is 0. The molecule has 1 aromatic heterocycles. The number of thiazole rings is 1. The monoisotopic (exact) mass is 261 g/mol. The summed E-state index contributed by atoms with van der Waals surface area (Å²) in [5.41, 5.74) is 11.1. The highest BCUT2D eigenvalue weighted by Crippen LogP contribution is 2.36. The summed E-state index contributed by atoms with van der Waals surface area (Å²) in [5, 5.41) is 0. The maximum absolute atomic E-state index is 6.29. The Morgan fingerprint density at radius 3 is 3.00 bits per heavy atom. The van der Waals surface area contributed by atoms with E-state index in [0.717, 1.165) is 29.4 Å². The smallest absolute Gasteiger partial charge is 0.106 e. The summed E-state index contributed by atoms with van der Waals surface area (Å²) in [6.07, 6.45) is 2.49. The third-order valence-electron chi connectivity index (χ3n) is 3.97. The van der Waals surface area contributed by atoms with Crippen molar-refractivity contribution in [1.82, 2.24) is 4.98 Å². The van der Waals surface area contributed by atoms with Gasteiger partial charge in [0.05, 0.1) is 21.6 Å². The Morgan fingerprint density at radius 1 is 1.39 bits per heavy atom. The molecule has 0 radical (unpaired) electrons. The first-order chi connectivity index (χ1) is 8.66. The van der Waals surface area contributed by atoms with Crippen LogP contribution in [0, 0.1) is 5.92 Å². The molecule has 0 bridgehead atoms.